The fraction of sp³-hybridized carbons (Fsp3) is 0.647. The molecule has 2 aliphatic rings. The summed E-state index contributed by atoms with van der Waals surface area (Å²) in [7, 11) is 2.13. The molecule has 2 radical (unpaired) electrons. The fourth-order valence-electron chi connectivity index (χ4n) is 3.74. The third-order valence-corrected chi connectivity index (χ3v) is 6.35. The number of nitrogens with two attached hydrogens (primary N) is 2. The third kappa shape index (κ3) is 4.95. The van der Waals surface area contributed by atoms with Crippen molar-refractivity contribution in [2.75, 3.05) is 25.4 Å². The number of anilines is 1. The molecular weight excluding hydrogens is 440 g/mol. The van der Waals surface area contributed by atoms with E-state index in [-0.39, 0.29) is 12.4 Å². The molecule has 1 amide bonds. The maximum absolute atomic E-state index is 12.5. The lowest BCUT2D eigenvalue weighted by Crippen LogP contribution is -2.44. The van der Waals surface area contributed by atoms with E-state index in [4.69, 9.17) is 37.6 Å². The molecule has 2 unspecified atom stereocenters. The SMILES string of the molecule is [B][P+]1(O)OC[C@H]2O[C@@H](n3cnc4c(N)ncnc43)C(OC(=O)NCCCCCCN)[C@H]2O1. The van der Waals surface area contributed by atoms with Crippen LogP contribution in [0.5, 0.6) is 0 Å². The first-order valence-electron chi connectivity index (χ1n) is 10.4. The topological polar surface area (TPSA) is 182 Å². The van der Waals surface area contributed by atoms with Crippen molar-refractivity contribution in [3.05, 3.63) is 12.7 Å². The number of aromatic nitrogens is 4. The van der Waals surface area contributed by atoms with E-state index in [9.17, 15) is 9.69 Å². The van der Waals surface area contributed by atoms with Gasteiger partial charge in [0.05, 0.1) is 6.33 Å². The van der Waals surface area contributed by atoms with Crippen molar-refractivity contribution in [2.45, 2.75) is 50.2 Å². The van der Waals surface area contributed by atoms with E-state index < -0.39 is 38.5 Å². The summed E-state index contributed by atoms with van der Waals surface area (Å²) >= 11 is 0. The molecule has 6 N–H and O–H groups in total. The number of rotatable bonds is 8. The number of imidazole rings is 1. The molecule has 172 valence electrons. The minimum atomic E-state index is -3.56. The summed E-state index contributed by atoms with van der Waals surface area (Å²) < 4.78 is 24.0. The first-order chi connectivity index (χ1) is 15.4. The van der Waals surface area contributed by atoms with Crippen molar-refractivity contribution < 1.29 is 28.2 Å². The van der Waals surface area contributed by atoms with Crippen LogP contribution in [0.1, 0.15) is 31.9 Å². The smallest absolute Gasteiger partial charge is 0.438 e. The molecule has 0 aromatic carbocycles. The number of nitrogens with one attached hydrogen (secondary N) is 1. The lowest BCUT2D eigenvalue weighted by atomic mass is 10.1. The molecule has 32 heavy (non-hydrogen) atoms. The number of alkyl carbamates (subject to hydrolysis) is 1. The zero-order valence-corrected chi connectivity index (χ0v) is 18.3. The molecular formula is C17H26BN7O6P+. The van der Waals surface area contributed by atoms with E-state index >= 15 is 0 Å². The molecule has 2 saturated heterocycles. The van der Waals surface area contributed by atoms with Crippen LogP contribution in [0.3, 0.4) is 0 Å². The molecule has 13 nitrogen and oxygen atoms in total. The van der Waals surface area contributed by atoms with Crippen LogP contribution in [0.2, 0.25) is 0 Å². The zero-order valence-electron chi connectivity index (χ0n) is 17.4. The fourth-order valence-corrected chi connectivity index (χ4v) is 4.76. The van der Waals surface area contributed by atoms with Gasteiger partial charge in [-0.25, -0.2) is 24.6 Å². The van der Waals surface area contributed by atoms with Gasteiger partial charge in [0, 0.05) is 6.54 Å². The van der Waals surface area contributed by atoms with Crippen LogP contribution in [0.4, 0.5) is 10.6 Å². The molecule has 15 heteroatoms. The first-order valence-corrected chi connectivity index (χ1v) is 12.0. The van der Waals surface area contributed by atoms with Crippen molar-refractivity contribution in [3.63, 3.8) is 0 Å². The Labute approximate surface area is 186 Å². The Morgan fingerprint density at radius 2 is 2.16 bits per heavy atom. The van der Waals surface area contributed by atoms with Crippen molar-refractivity contribution in [3.8, 4) is 0 Å². The number of carbonyl (C=O) groups is 1. The van der Waals surface area contributed by atoms with Crippen LogP contribution in [0.15, 0.2) is 12.7 Å². The zero-order chi connectivity index (χ0) is 22.7. The summed E-state index contributed by atoms with van der Waals surface area (Å²) in [5, 5.41) is 2.72. The van der Waals surface area contributed by atoms with Gasteiger partial charge in [0.2, 0.25) is 0 Å². The van der Waals surface area contributed by atoms with Crippen LogP contribution in [-0.2, 0) is 18.5 Å². The molecule has 0 bridgehead atoms. The molecule has 2 fully saturated rings. The van der Waals surface area contributed by atoms with Gasteiger partial charge in [-0.15, -0.1) is 0 Å². The van der Waals surface area contributed by atoms with E-state index in [1.54, 1.807) is 4.57 Å². The number of fused-ring (bicyclic) bond motifs is 2. The third-order valence-electron chi connectivity index (χ3n) is 5.29. The molecule has 0 aliphatic carbocycles. The number of nitrogen functional groups attached to an aromatic ring is 1. The van der Waals surface area contributed by atoms with Crippen molar-refractivity contribution >= 4 is 38.5 Å². The predicted octanol–water partition coefficient (Wildman–Crippen LogP) is 0.174. The molecule has 5 atom stereocenters. The van der Waals surface area contributed by atoms with Gasteiger partial charge in [-0.2, -0.15) is 9.05 Å². The van der Waals surface area contributed by atoms with Crippen molar-refractivity contribution in [1.82, 2.24) is 24.8 Å². The molecule has 2 aliphatic heterocycles. The largest absolute Gasteiger partial charge is 0.488 e. The van der Waals surface area contributed by atoms with E-state index in [1.165, 1.54) is 12.7 Å². The first kappa shape index (κ1) is 23.1. The van der Waals surface area contributed by atoms with Gasteiger partial charge in [0.15, 0.2) is 29.9 Å². The van der Waals surface area contributed by atoms with Crippen LogP contribution in [0.25, 0.3) is 11.2 Å². The Kier molecular flexibility index (Phi) is 7.08. The lowest BCUT2D eigenvalue weighted by Gasteiger charge is -2.29. The van der Waals surface area contributed by atoms with Crippen LogP contribution in [-0.4, -0.2) is 76.1 Å². The Balaban J connectivity index is 1.50. The van der Waals surface area contributed by atoms with Gasteiger partial charge in [-0.1, -0.05) is 12.8 Å². The molecule has 2 aromatic heterocycles. The van der Waals surface area contributed by atoms with Gasteiger partial charge in [0.1, 0.15) is 24.6 Å². The monoisotopic (exact) mass is 466 g/mol. The number of unbranched alkanes of at least 4 members (excludes halogenated alkanes) is 3. The Morgan fingerprint density at radius 1 is 1.34 bits per heavy atom. The number of carbonyl (C=O) groups excluding carboxylic acids is 1. The second kappa shape index (κ2) is 9.81. The summed E-state index contributed by atoms with van der Waals surface area (Å²) in [5.74, 6) is 0.204. The molecule has 0 saturated carbocycles. The highest BCUT2D eigenvalue weighted by molar-refractivity contribution is 7.85. The Hall–Kier alpha value is -2.09. The van der Waals surface area contributed by atoms with E-state index in [1.807, 2.05) is 0 Å². The van der Waals surface area contributed by atoms with E-state index in [0.717, 1.165) is 25.7 Å². The number of hydrogen-bond acceptors (Lipinski definition) is 11. The molecule has 4 rings (SSSR count). The summed E-state index contributed by atoms with van der Waals surface area (Å²) in [4.78, 5) is 35.0. The Bertz CT molecular complexity index is 949. The number of ether oxygens (including phenoxy) is 2. The Morgan fingerprint density at radius 3 is 2.97 bits per heavy atom. The maximum atomic E-state index is 12.5. The van der Waals surface area contributed by atoms with Crippen LogP contribution in [0, 0.1) is 0 Å². The average molecular weight is 466 g/mol. The van der Waals surface area contributed by atoms with Crippen LogP contribution < -0.4 is 16.8 Å². The number of nitrogens with zero attached hydrogens (tertiary/aromatic N) is 4. The summed E-state index contributed by atoms with van der Waals surface area (Å²) in [6.07, 6.45) is 2.53. The minimum absolute atomic E-state index is 0.0195. The molecule has 0 spiro atoms. The van der Waals surface area contributed by atoms with Crippen molar-refractivity contribution in [1.29, 1.82) is 0 Å². The van der Waals surface area contributed by atoms with Gasteiger partial charge in [-0.05, 0) is 19.4 Å². The highest BCUT2D eigenvalue weighted by atomic mass is 31.2. The normalized spacial score (nSPS) is 29.7. The highest BCUT2D eigenvalue weighted by Crippen LogP contribution is 2.59. The average Bonchev–Trinajstić information content (AvgIpc) is 3.32. The van der Waals surface area contributed by atoms with Gasteiger partial charge in [-0.3, -0.25) is 4.57 Å². The van der Waals surface area contributed by atoms with Crippen LogP contribution >= 0.6 is 7.82 Å². The van der Waals surface area contributed by atoms with Crippen molar-refractivity contribution in [2.24, 2.45) is 5.73 Å². The number of amides is 1. The predicted molar refractivity (Wildman–Crippen MR) is 115 cm³/mol. The number of hydrogen-bond donors (Lipinski definition) is 4. The lowest BCUT2D eigenvalue weighted by molar-refractivity contribution is -0.0606. The van der Waals surface area contributed by atoms with Gasteiger partial charge < -0.3 is 26.3 Å². The highest BCUT2D eigenvalue weighted by Gasteiger charge is 2.59. The summed E-state index contributed by atoms with van der Waals surface area (Å²) in [6.45, 7) is 1.08. The summed E-state index contributed by atoms with van der Waals surface area (Å²) in [6, 6.07) is 0. The van der Waals surface area contributed by atoms with E-state index in [2.05, 4.69) is 20.3 Å². The molecule has 2 aromatic rings. The molecule has 4 heterocycles. The minimum Gasteiger partial charge on any atom is -0.438 e. The van der Waals surface area contributed by atoms with Gasteiger partial charge in [0.25, 0.3) is 0 Å². The maximum Gasteiger partial charge on any atom is 0.488 e. The quantitative estimate of drug-likeness (QED) is 0.236. The van der Waals surface area contributed by atoms with E-state index in [0.29, 0.717) is 24.3 Å². The van der Waals surface area contributed by atoms with Gasteiger partial charge >= 0.3 is 21.5 Å². The second-order valence-electron chi connectivity index (χ2n) is 7.58. The standard InChI is InChI=1S/C17H26BN7O6P/c18-32(27)28-7-10-12(31-32)13(30-17(26)21-6-4-2-1-3-5-19)16(29-10)25-9-24-11-14(20)22-8-23-15(11)25/h8-10,12-13,16,27H,1-7,19H2,(H,21,26)(H2,20,22,23)/q+1/t10-,12+,13?,16-,32?/m1/s1. The summed E-state index contributed by atoms with van der Waals surface area (Å²) in [5.41, 5.74) is 12.1. The second-order valence-corrected chi connectivity index (χ2v) is 9.17.